The van der Waals surface area contributed by atoms with E-state index in [-0.39, 0.29) is 0 Å². The minimum absolute atomic E-state index is 0.886. The number of nitrogens with one attached hydrogen (secondary N) is 1. The Morgan fingerprint density at radius 3 is 2.67 bits per heavy atom. The van der Waals surface area contributed by atoms with E-state index in [1.54, 1.807) is 0 Å². The van der Waals surface area contributed by atoms with Crippen molar-refractivity contribution in [3.8, 4) is 0 Å². The van der Waals surface area contributed by atoms with E-state index in [1.807, 2.05) is 7.05 Å². The average Bonchev–Trinajstić information content (AvgIpc) is 2.21. The van der Waals surface area contributed by atoms with E-state index in [4.69, 9.17) is 0 Å². The average molecular weight is 207 g/mol. The standard InChI is InChI=1S/C12H21N3/c1-5-8-15(4)12-7-6-11(9-13-3)10(2)14-12/h6-7,13H,5,8-9H2,1-4H3. The van der Waals surface area contributed by atoms with Crippen LogP contribution in [-0.4, -0.2) is 25.6 Å². The number of hydrogen-bond donors (Lipinski definition) is 1. The van der Waals surface area contributed by atoms with Crippen LogP contribution in [0.15, 0.2) is 12.1 Å². The summed E-state index contributed by atoms with van der Waals surface area (Å²) in [7, 11) is 4.04. The molecule has 0 amide bonds. The number of anilines is 1. The predicted octanol–water partition coefficient (Wildman–Crippen LogP) is 1.96. The largest absolute Gasteiger partial charge is 0.360 e. The normalized spacial score (nSPS) is 10.4. The molecular weight excluding hydrogens is 186 g/mol. The number of pyridine rings is 1. The van der Waals surface area contributed by atoms with Gasteiger partial charge in [-0.25, -0.2) is 4.98 Å². The van der Waals surface area contributed by atoms with Crippen molar-refractivity contribution in [1.82, 2.24) is 10.3 Å². The maximum Gasteiger partial charge on any atom is 0.128 e. The molecule has 0 radical (unpaired) electrons. The molecule has 1 rings (SSSR count). The lowest BCUT2D eigenvalue weighted by Crippen LogP contribution is -2.19. The molecule has 0 aliphatic heterocycles. The Kier molecular flexibility index (Phi) is 4.56. The smallest absolute Gasteiger partial charge is 0.128 e. The van der Waals surface area contributed by atoms with Gasteiger partial charge in [0.05, 0.1) is 0 Å². The van der Waals surface area contributed by atoms with Crippen molar-refractivity contribution >= 4 is 5.82 Å². The molecule has 0 aliphatic rings. The number of hydrogen-bond acceptors (Lipinski definition) is 3. The number of nitrogens with zero attached hydrogens (tertiary/aromatic N) is 2. The lowest BCUT2D eigenvalue weighted by Gasteiger charge is -2.18. The van der Waals surface area contributed by atoms with Gasteiger partial charge in [-0.3, -0.25) is 0 Å². The predicted molar refractivity (Wildman–Crippen MR) is 65.3 cm³/mol. The Morgan fingerprint density at radius 2 is 2.13 bits per heavy atom. The summed E-state index contributed by atoms with van der Waals surface area (Å²) >= 11 is 0. The van der Waals surface area contributed by atoms with Gasteiger partial charge in [-0.15, -0.1) is 0 Å². The Balaban J connectivity index is 2.81. The molecule has 0 aromatic carbocycles. The fourth-order valence-corrected chi connectivity index (χ4v) is 1.62. The van der Waals surface area contributed by atoms with Gasteiger partial charge < -0.3 is 10.2 Å². The summed E-state index contributed by atoms with van der Waals surface area (Å²) in [6.45, 7) is 6.18. The fourth-order valence-electron chi connectivity index (χ4n) is 1.62. The van der Waals surface area contributed by atoms with Crippen LogP contribution in [0.5, 0.6) is 0 Å². The summed E-state index contributed by atoms with van der Waals surface area (Å²) in [5, 5.41) is 3.15. The molecule has 0 bridgehead atoms. The van der Waals surface area contributed by atoms with Gasteiger partial charge in [-0.1, -0.05) is 13.0 Å². The van der Waals surface area contributed by atoms with Crippen LogP contribution in [0.1, 0.15) is 24.6 Å². The van der Waals surface area contributed by atoms with Crippen LogP contribution in [-0.2, 0) is 6.54 Å². The van der Waals surface area contributed by atoms with E-state index in [9.17, 15) is 0 Å². The van der Waals surface area contributed by atoms with Crippen molar-refractivity contribution in [2.45, 2.75) is 26.8 Å². The van der Waals surface area contributed by atoms with Crippen molar-refractivity contribution < 1.29 is 0 Å². The Hall–Kier alpha value is -1.09. The molecule has 0 saturated heterocycles. The summed E-state index contributed by atoms with van der Waals surface area (Å²) in [4.78, 5) is 6.79. The fraction of sp³-hybridized carbons (Fsp3) is 0.583. The first kappa shape index (κ1) is 12.0. The van der Waals surface area contributed by atoms with Gasteiger partial charge in [0.15, 0.2) is 0 Å². The second-order valence-corrected chi connectivity index (χ2v) is 3.87. The summed E-state index contributed by atoms with van der Waals surface area (Å²) in [6, 6.07) is 4.25. The minimum Gasteiger partial charge on any atom is -0.360 e. The first-order valence-corrected chi connectivity index (χ1v) is 5.51. The third kappa shape index (κ3) is 3.20. The van der Waals surface area contributed by atoms with Gasteiger partial charge in [0.2, 0.25) is 0 Å². The summed E-state index contributed by atoms with van der Waals surface area (Å²) in [6.07, 6.45) is 1.15. The van der Waals surface area contributed by atoms with Gasteiger partial charge in [0, 0.05) is 25.8 Å². The zero-order chi connectivity index (χ0) is 11.3. The third-order valence-corrected chi connectivity index (χ3v) is 2.50. The molecule has 3 heteroatoms. The molecule has 1 aromatic heterocycles. The minimum atomic E-state index is 0.886. The van der Waals surface area contributed by atoms with Gasteiger partial charge in [-0.2, -0.15) is 0 Å². The maximum atomic E-state index is 4.60. The first-order valence-electron chi connectivity index (χ1n) is 5.51. The third-order valence-electron chi connectivity index (χ3n) is 2.50. The number of rotatable bonds is 5. The molecule has 0 aliphatic carbocycles. The highest BCUT2D eigenvalue weighted by Crippen LogP contribution is 2.13. The van der Waals surface area contributed by atoms with Crippen LogP contribution in [0.4, 0.5) is 5.82 Å². The van der Waals surface area contributed by atoms with Crippen LogP contribution in [0.2, 0.25) is 0 Å². The van der Waals surface area contributed by atoms with E-state index in [2.05, 4.69) is 48.2 Å². The molecule has 0 saturated carbocycles. The molecule has 3 nitrogen and oxygen atoms in total. The van der Waals surface area contributed by atoms with E-state index in [1.165, 1.54) is 5.56 Å². The van der Waals surface area contributed by atoms with Crippen molar-refractivity contribution in [1.29, 1.82) is 0 Å². The van der Waals surface area contributed by atoms with Crippen LogP contribution in [0.25, 0.3) is 0 Å². The summed E-state index contributed by atoms with van der Waals surface area (Å²) < 4.78 is 0. The topological polar surface area (TPSA) is 28.2 Å². The Morgan fingerprint density at radius 1 is 1.40 bits per heavy atom. The van der Waals surface area contributed by atoms with Gasteiger partial charge in [0.1, 0.15) is 5.82 Å². The molecular formula is C12H21N3. The van der Waals surface area contributed by atoms with Crippen LogP contribution in [0, 0.1) is 6.92 Å². The second-order valence-electron chi connectivity index (χ2n) is 3.87. The van der Waals surface area contributed by atoms with E-state index < -0.39 is 0 Å². The van der Waals surface area contributed by atoms with Gasteiger partial charge >= 0.3 is 0 Å². The lowest BCUT2D eigenvalue weighted by molar-refractivity contribution is 0.796. The van der Waals surface area contributed by atoms with Crippen molar-refractivity contribution in [2.75, 3.05) is 25.5 Å². The van der Waals surface area contributed by atoms with Crippen molar-refractivity contribution in [3.63, 3.8) is 0 Å². The van der Waals surface area contributed by atoms with Gasteiger partial charge in [-0.05, 0) is 32.0 Å². The quantitative estimate of drug-likeness (QED) is 0.800. The molecule has 0 spiro atoms. The van der Waals surface area contributed by atoms with Crippen molar-refractivity contribution in [2.24, 2.45) is 0 Å². The first-order chi connectivity index (χ1) is 7.19. The molecule has 1 N–H and O–H groups in total. The van der Waals surface area contributed by atoms with E-state index in [0.717, 1.165) is 31.0 Å². The molecule has 84 valence electrons. The molecule has 1 aromatic rings. The Labute approximate surface area is 92.5 Å². The van der Waals surface area contributed by atoms with Crippen LogP contribution < -0.4 is 10.2 Å². The summed E-state index contributed by atoms with van der Waals surface area (Å²) in [5.41, 5.74) is 2.39. The summed E-state index contributed by atoms with van der Waals surface area (Å²) in [5.74, 6) is 1.06. The zero-order valence-corrected chi connectivity index (χ0v) is 10.2. The zero-order valence-electron chi connectivity index (χ0n) is 10.2. The monoisotopic (exact) mass is 207 g/mol. The van der Waals surface area contributed by atoms with Crippen LogP contribution in [0.3, 0.4) is 0 Å². The SMILES string of the molecule is CCCN(C)c1ccc(CNC)c(C)n1. The molecule has 0 atom stereocenters. The number of aryl methyl sites for hydroxylation is 1. The van der Waals surface area contributed by atoms with Crippen molar-refractivity contribution in [3.05, 3.63) is 23.4 Å². The molecule has 1 heterocycles. The van der Waals surface area contributed by atoms with Gasteiger partial charge in [0.25, 0.3) is 0 Å². The lowest BCUT2D eigenvalue weighted by atomic mass is 10.2. The number of aromatic nitrogens is 1. The van der Waals surface area contributed by atoms with E-state index >= 15 is 0 Å². The molecule has 15 heavy (non-hydrogen) atoms. The van der Waals surface area contributed by atoms with Crippen LogP contribution >= 0.6 is 0 Å². The molecule has 0 fully saturated rings. The highest BCUT2D eigenvalue weighted by Gasteiger charge is 2.04. The highest BCUT2D eigenvalue weighted by atomic mass is 15.2. The Bertz CT molecular complexity index is 310. The molecule has 0 unspecified atom stereocenters. The highest BCUT2D eigenvalue weighted by molar-refractivity contribution is 5.40. The van der Waals surface area contributed by atoms with E-state index in [0.29, 0.717) is 0 Å². The maximum absolute atomic E-state index is 4.60. The second kappa shape index (κ2) is 5.71.